The van der Waals surface area contributed by atoms with E-state index in [1.807, 2.05) is 49.4 Å². The second-order valence-electron chi connectivity index (χ2n) is 7.14. The van der Waals surface area contributed by atoms with E-state index in [9.17, 15) is 0 Å². The SMILES string of the molecule is Cc1c(Cl)cccc1C1=CC(NCCNc2cccc3c(S)cccc23)NC(N)=N1. The Hall–Kier alpha value is -2.67. The number of guanidine groups is 1. The summed E-state index contributed by atoms with van der Waals surface area (Å²) in [5, 5.41) is 13.1. The molecule has 0 bridgehead atoms. The van der Waals surface area contributed by atoms with Gasteiger partial charge in [-0.15, -0.1) is 12.6 Å². The summed E-state index contributed by atoms with van der Waals surface area (Å²) >= 11 is 10.8. The lowest BCUT2D eigenvalue weighted by molar-refractivity contribution is 0.572. The number of benzene rings is 3. The Morgan fingerprint density at radius 2 is 1.83 bits per heavy atom. The molecule has 1 aliphatic heterocycles. The van der Waals surface area contributed by atoms with Gasteiger partial charge in [-0.3, -0.25) is 5.32 Å². The Bertz CT molecular complexity index is 1140. The van der Waals surface area contributed by atoms with Crippen molar-refractivity contribution in [2.24, 2.45) is 10.7 Å². The topological polar surface area (TPSA) is 74.5 Å². The number of hydrogen-bond donors (Lipinski definition) is 5. The van der Waals surface area contributed by atoms with Crippen LogP contribution >= 0.6 is 24.2 Å². The number of anilines is 1. The molecule has 0 amide bonds. The van der Waals surface area contributed by atoms with E-state index < -0.39 is 0 Å². The van der Waals surface area contributed by atoms with E-state index in [0.717, 1.165) is 51.3 Å². The van der Waals surface area contributed by atoms with Gasteiger partial charge in [0.05, 0.1) is 5.70 Å². The molecule has 3 aromatic carbocycles. The summed E-state index contributed by atoms with van der Waals surface area (Å²) < 4.78 is 0. The van der Waals surface area contributed by atoms with Crippen LogP contribution in [0.15, 0.2) is 70.6 Å². The molecule has 4 rings (SSSR count). The Morgan fingerprint density at radius 3 is 2.70 bits per heavy atom. The zero-order valence-electron chi connectivity index (χ0n) is 16.6. The lowest BCUT2D eigenvalue weighted by Crippen LogP contribution is -2.50. The zero-order chi connectivity index (χ0) is 21.1. The molecule has 0 saturated heterocycles. The molecule has 7 heteroatoms. The number of nitrogens with zero attached hydrogens (tertiary/aromatic N) is 1. The van der Waals surface area contributed by atoms with E-state index >= 15 is 0 Å². The Labute approximate surface area is 186 Å². The minimum Gasteiger partial charge on any atom is -0.383 e. The molecule has 5 nitrogen and oxygen atoms in total. The van der Waals surface area contributed by atoms with Gasteiger partial charge < -0.3 is 16.4 Å². The Kier molecular flexibility index (Phi) is 6.18. The van der Waals surface area contributed by atoms with Crippen molar-refractivity contribution in [3.63, 3.8) is 0 Å². The third kappa shape index (κ3) is 4.41. The van der Waals surface area contributed by atoms with E-state index in [1.54, 1.807) is 0 Å². The van der Waals surface area contributed by atoms with Crippen LogP contribution in [0.2, 0.25) is 5.02 Å². The van der Waals surface area contributed by atoms with E-state index in [1.165, 1.54) is 0 Å². The maximum absolute atomic E-state index is 6.27. The van der Waals surface area contributed by atoms with Crippen molar-refractivity contribution in [3.05, 3.63) is 76.8 Å². The number of thiol groups is 1. The van der Waals surface area contributed by atoms with Gasteiger partial charge >= 0.3 is 0 Å². The lowest BCUT2D eigenvalue weighted by Gasteiger charge is -2.23. The van der Waals surface area contributed by atoms with Crippen LogP contribution in [0.5, 0.6) is 0 Å². The van der Waals surface area contributed by atoms with Crippen LogP contribution in [0.1, 0.15) is 11.1 Å². The highest BCUT2D eigenvalue weighted by Gasteiger charge is 2.16. The molecule has 5 N–H and O–H groups in total. The standard InChI is InChI=1S/C23H24ClN5S/c1-14-15(5-2-8-18(14)24)20-13-22(29-23(25)28-20)27-12-11-26-19-9-3-7-17-16(19)6-4-10-21(17)30/h2-10,13,22,26-27,30H,11-12H2,1H3,(H3,25,28,29). The van der Waals surface area contributed by atoms with Gasteiger partial charge in [0, 0.05) is 39.6 Å². The van der Waals surface area contributed by atoms with Gasteiger partial charge in [-0.25, -0.2) is 4.99 Å². The summed E-state index contributed by atoms with van der Waals surface area (Å²) in [6.45, 7) is 3.48. The largest absolute Gasteiger partial charge is 0.383 e. The summed E-state index contributed by atoms with van der Waals surface area (Å²) in [6, 6.07) is 18.1. The van der Waals surface area contributed by atoms with Crippen LogP contribution in [-0.2, 0) is 0 Å². The van der Waals surface area contributed by atoms with Crippen molar-refractivity contribution in [2.75, 3.05) is 18.4 Å². The zero-order valence-corrected chi connectivity index (χ0v) is 18.3. The van der Waals surface area contributed by atoms with Crippen molar-refractivity contribution in [3.8, 4) is 0 Å². The van der Waals surface area contributed by atoms with Crippen molar-refractivity contribution in [1.82, 2.24) is 10.6 Å². The molecule has 1 unspecified atom stereocenters. The number of aliphatic imine (C=N–C) groups is 1. The molecule has 1 atom stereocenters. The minimum atomic E-state index is -0.116. The number of halogens is 1. The summed E-state index contributed by atoms with van der Waals surface area (Å²) in [7, 11) is 0. The van der Waals surface area contributed by atoms with Crippen LogP contribution in [0.25, 0.3) is 16.5 Å². The monoisotopic (exact) mass is 437 g/mol. The maximum Gasteiger partial charge on any atom is 0.195 e. The lowest BCUT2D eigenvalue weighted by atomic mass is 10.0. The van der Waals surface area contributed by atoms with Crippen LogP contribution in [0.4, 0.5) is 5.69 Å². The number of hydrogen-bond acceptors (Lipinski definition) is 6. The first-order valence-corrected chi connectivity index (χ1v) is 10.6. The third-order valence-electron chi connectivity index (χ3n) is 5.12. The van der Waals surface area contributed by atoms with Gasteiger partial charge in [0.1, 0.15) is 6.17 Å². The predicted octanol–water partition coefficient (Wildman–Crippen LogP) is 4.38. The summed E-state index contributed by atoms with van der Waals surface area (Å²) in [5.41, 5.74) is 9.89. The van der Waals surface area contributed by atoms with E-state index in [4.69, 9.17) is 17.3 Å². The molecular weight excluding hydrogens is 414 g/mol. The highest BCUT2D eigenvalue weighted by atomic mass is 35.5. The highest BCUT2D eigenvalue weighted by Crippen LogP contribution is 2.28. The molecule has 3 aromatic rings. The van der Waals surface area contributed by atoms with Crippen LogP contribution in [0, 0.1) is 6.92 Å². The number of nitrogens with two attached hydrogens (primary N) is 1. The molecule has 1 aliphatic rings. The second-order valence-corrected chi connectivity index (χ2v) is 8.03. The van der Waals surface area contributed by atoms with Gasteiger partial charge in [-0.2, -0.15) is 0 Å². The first-order chi connectivity index (χ1) is 14.5. The molecule has 0 spiro atoms. The summed E-state index contributed by atoms with van der Waals surface area (Å²) in [5.74, 6) is 0.382. The predicted molar refractivity (Wildman–Crippen MR) is 130 cm³/mol. The van der Waals surface area contributed by atoms with E-state index in [-0.39, 0.29) is 6.17 Å². The number of fused-ring (bicyclic) bond motifs is 1. The van der Waals surface area contributed by atoms with Crippen molar-refractivity contribution < 1.29 is 0 Å². The fourth-order valence-electron chi connectivity index (χ4n) is 3.58. The fraction of sp³-hybridized carbons (Fsp3) is 0.174. The second kappa shape index (κ2) is 9.00. The van der Waals surface area contributed by atoms with Crippen molar-refractivity contribution >= 4 is 52.3 Å². The van der Waals surface area contributed by atoms with Gasteiger partial charge in [0.2, 0.25) is 0 Å². The fourth-order valence-corrected chi connectivity index (χ4v) is 4.03. The smallest absolute Gasteiger partial charge is 0.195 e. The normalized spacial score (nSPS) is 16.0. The van der Waals surface area contributed by atoms with Gasteiger partial charge in [-0.05, 0) is 42.1 Å². The molecule has 154 valence electrons. The first-order valence-electron chi connectivity index (χ1n) is 9.79. The van der Waals surface area contributed by atoms with Crippen LogP contribution in [0.3, 0.4) is 0 Å². The van der Waals surface area contributed by atoms with Crippen molar-refractivity contribution in [1.29, 1.82) is 0 Å². The molecule has 0 radical (unpaired) electrons. The first kappa shape index (κ1) is 20.6. The average Bonchev–Trinajstić information content (AvgIpc) is 2.73. The Morgan fingerprint density at radius 1 is 1.07 bits per heavy atom. The minimum absolute atomic E-state index is 0.116. The molecule has 0 fully saturated rings. The highest BCUT2D eigenvalue weighted by molar-refractivity contribution is 7.80. The molecule has 30 heavy (non-hydrogen) atoms. The van der Waals surface area contributed by atoms with Crippen LogP contribution in [-0.4, -0.2) is 25.2 Å². The van der Waals surface area contributed by atoms with E-state index in [2.05, 4.69) is 51.8 Å². The molecule has 0 aromatic heterocycles. The van der Waals surface area contributed by atoms with Gasteiger partial charge in [0.15, 0.2) is 5.96 Å². The third-order valence-corrected chi connectivity index (χ3v) is 5.92. The van der Waals surface area contributed by atoms with Gasteiger partial charge in [-0.1, -0.05) is 48.0 Å². The molecule has 0 aliphatic carbocycles. The maximum atomic E-state index is 6.27. The van der Waals surface area contributed by atoms with E-state index in [0.29, 0.717) is 11.0 Å². The molecule has 0 saturated carbocycles. The molecule has 1 heterocycles. The quantitative estimate of drug-likeness (QED) is 0.293. The van der Waals surface area contributed by atoms with Crippen LogP contribution < -0.4 is 21.7 Å². The summed E-state index contributed by atoms with van der Waals surface area (Å²) in [4.78, 5) is 5.42. The van der Waals surface area contributed by atoms with Crippen molar-refractivity contribution in [2.45, 2.75) is 18.0 Å². The number of rotatable bonds is 6. The molecular formula is C23H24ClN5S. The number of nitrogens with one attached hydrogen (secondary N) is 3. The average molecular weight is 438 g/mol. The Balaban J connectivity index is 1.41. The summed E-state index contributed by atoms with van der Waals surface area (Å²) in [6.07, 6.45) is 1.91. The van der Waals surface area contributed by atoms with Gasteiger partial charge in [0.25, 0.3) is 0 Å².